The van der Waals surface area contributed by atoms with E-state index in [1.807, 2.05) is 30.0 Å². The van der Waals surface area contributed by atoms with E-state index in [4.69, 9.17) is 4.42 Å². The lowest BCUT2D eigenvalue weighted by molar-refractivity contribution is 0.534. The zero-order valence-corrected chi connectivity index (χ0v) is 13.7. The first-order chi connectivity index (χ1) is 10.3. The standard InChI is InChI=1S/C16H23N3OS/c1-12-13-7-4-5-8-14(13)20-15(12)11-19-16(17-2)18-9-6-10-21-3/h4-5,7-8H,6,9-11H2,1-3H3,(H2,17,18,19). The first-order valence-corrected chi connectivity index (χ1v) is 8.56. The van der Waals surface area contributed by atoms with Crippen molar-refractivity contribution in [2.45, 2.75) is 19.9 Å². The zero-order chi connectivity index (χ0) is 15.1. The Morgan fingerprint density at radius 3 is 2.81 bits per heavy atom. The Morgan fingerprint density at radius 2 is 2.10 bits per heavy atom. The molecule has 0 aliphatic rings. The van der Waals surface area contributed by atoms with Crippen LogP contribution in [-0.2, 0) is 6.54 Å². The van der Waals surface area contributed by atoms with Crippen molar-refractivity contribution >= 4 is 28.7 Å². The van der Waals surface area contributed by atoms with Crippen LogP contribution in [-0.4, -0.2) is 31.6 Å². The number of thioether (sulfide) groups is 1. The maximum Gasteiger partial charge on any atom is 0.191 e. The molecule has 0 aliphatic carbocycles. The minimum absolute atomic E-state index is 0.642. The summed E-state index contributed by atoms with van der Waals surface area (Å²) >= 11 is 1.86. The van der Waals surface area contributed by atoms with Gasteiger partial charge in [0.1, 0.15) is 11.3 Å². The normalized spacial score (nSPS) is 11.9. The lowest BCUT2D eigenvalue weighted by Crippen LogP contribution is -2.37. The van der Waals surface area contributed by atoms with Gasteiger partial charge < -0.3 is 15.1 Å². The predicted octanol–water partition coefficient (Wildman–Crippen LogP) is 3.16. The van der Waals surface area contributed by atoms with E-state index < -0.39 is 0 Å². The van der Waals surface area contributed by atoms with E-state index in [2.05, 4.69) is 34.9 Å². The second-order valence-corrected chi connectivity index (χ2v) is 5.83. The number of rotatable bonds is 6. The highest BCUT2D eigenvalue weighted by molar-refractivity contribution is 7.98. The van der Waals surface area contributed by atoms with E-state index in [0.717, 1.165) is 36.0 Å². The Kier molecular flexibility index (Phi) is 5.99. The van der Waals surface area contributed by atoms with Crippen molar-refractivity contribution in [3.8, 4) is 0 Å². The topological polar surface area (TPSA) is 49.6 Å². The second kappa shape index (κ2) is 7.98. The number of fused-ring (bicyclic) bond motifs is 1. The minimum Gasteiger partial charge on any atom is -0.459 e. The monoisotopic (exact) mass is 305 g/mol. The molecule has 0 bridgehead atoms. The summed E-state index contributed by atoms with van der Waals surface area (Å²) in [6.45, 7) is 3.67. The zero-order valence-electron chi connectivity index (χ0n) is 12.9. The van der Waals surface area contributed by atoms with Crippen LogP contribution in [0.2, 0.25) is 0 Å². The van der Waals surface area contributed by atoms with Gasteiger partial charge in [-0.2, -0.15) is 11.8 Å². The minimum atomic E-state index is 0.642. The molecule has 2 rings (SSSR count). The van der Waals surface area contributed by atoms with Crippen molar-refractivity contribution in [1.29, 1.82) is 0 Å². The first-order valence-electron chi connectivity index (χ1n) is 7.16. The van der Waals surface area contributed by atoms with E-state index in [9.17, 15) is 0 Å². The van der Waals surface area contributed by atoms with Gasteiger partial charge in [0, 0.05) is 24.5 Å². The van der Waals surface area contributed by atoms with Gasteiger partial charge >= 0.3 is 0 Å². The number of para-hydroxylation sites is 1. The van der Waals surface area contributed by atoms with Crippen LogP contribution in [0.25, 0.3) is 11.0 Å². The van der Waals surface area contributed by atoms with Gasteiger partial charge in [-0.25, -0.2) is 0 Å². The molecule has 21 heavy (non-hydrogen) atoms. The van der Waals surface area contributed by atoms with Gasteiger partial charge in [0.25, 0.3) is 0 Å². The van der Waals surface area contributed by atoms with Gasteiger partial charge in [-0.3, -0.25) is 4.99 Å². The van der Waals surface area contributed by atoms with Crippen LogP contribution in [0.4, 0.5) is 0 Å². The van der Waals surface area contributed by atoms with Crippen molar-refractivity contribution in [3.63, 3.8) is 0 Å². The van der Waals surface area contributed by atoms with Gasteiger partial charge in [-0.15, -0.1) is 0 Å². The Hall–Kier alpha value is -1.62. The lowest BCUT2D eigenvalue weighted by Gasteiger charge is -2.10. The fraction of sp³-hybridized carbons (Fsp3) is 0.438. The highest BCUT2D eigenvalue weighted by Crippen LogP contribution is 2.24. The number of nitrogens with one attached hydrogen (secondary N) is 2. The molecule has 0 saturated carbocycles. The smallest absolute Gasteiger partial charge is 0.191 e. The number of benzene rings is 1. The Bertz CT molecular complexity index is 607. The van der Waals surface area contributed by atoms with Gasteiger partial charge in [0.2, 0.25) is 0 Å². The third kappa shape index (κ3) is 4.17. The average molecular weight is 305 g/mol. The largest absolute Gasteiger partial charge is 0.459 e. The summed E-state index contributed by atoms with van der Waals surface area (Å²) in [7, 11) is 1.79. The SMILES string of the molecule is CN=C(NCCCSC)NCc1oc2ccccc2c1C. The Balaban J connectivity index is 1.92. The first kappa shape index (κ1) is 15.8. The fourth-order valence-electron chi connectivity index (χ4n) is 2.20. The van der Waals surface area contributed by atoms with Crippen LogP contribution in [0.3, 0.4) is 0 Å². The number of nitrogens with zero attached hydrogens (tertiary/aromatic N) is 1. The highest BCUT2D eigenvalue weighted by atomic mass is 32.2. The van der Waals surface area contributed by atoms with Crippen molar-refractivity contribution in [2.24, 2.45) is 4.99 Å². The van der Waals surface area contributed by atoms with Gasteiger partial charge in [0.15, 0.2) is 5.96 Å². The molecule has 0 saturated heterocycles. The summed E-state index contributed by atoms with van der Waals surface area (Å²) in [6.07, 6.45) is 3.25. The summed E-state index contributed by atoms with van der Waals surface area (Å²) in [6, 6.07) is 8.12. The average Bonchev–Trinajstić information content (AvgIpc) is 2.83. The molecule has 0 unspecified atom stereocenters. The molecule has 0 spiro atoms. The van der Waals surface area contributed by atoms with E-state index in [1.165, 1.54) is 10.9 Å². The second-order valence-electron chi connectivity index (χ2n) is 4.85. The molecule has 0 amide bonds. The summed E-state index contributed by atoms with van der Waals surface area (Å²) in [5.41, 5.74) is 2.13. The van der Waals surface area contributed by atoms with Gasteiger partial charge in [-0.05, 0) is 31.4 Å². The summed E-state index contributed by atoms with van der Waals surface area (Å²) in [5, 5.41) is 7.79. The van der Waals surface area contributed by atoms with Crippen LogP contribution in [0.15, 0.2) is 33.7 Å². The number of furan rings is 1. The highest BCUT2D eigenvalue weighted by Gasteiger charge is 2.09. The summed E-state index contributed by atoms with van der Waals surface area (Å²) < 4.78 is 5.89. The van der Waals surface area contributed by atoms with Crippen LogP contribution in [0, 0.1) is 6.92 Å². The van der Waals surface area contributed by atoms with Crippen molar-refractivity contribution in [2.75, 3.05) is 25.6 Å². The molecule has 1 heterocycles. The van der Waals surface area contributed by atoms with Crippen LogP contribution in [0.5, 0.6) is 0 Å². The molecule has 0 fully saturated rings. The summed E-state index contributed by atoms with van der Waals surface area (Å²) in [5.74, 6) is 2.94. The maximum atomic E-state index is 5.89. The third-order valence-electron chi connectivity index (χ3n) is 3.40. The van der Waals surface area contributed by atoms with E-state index >= 15 is 0 Å². The number of guanidine groups is 1. The van der Waals surface area contributed by atoms with E-state index in [0.29, 0.717) is 6.54 Å². The molecule has 1 aromatic carbocycles. The predicted molar refractivity (Wildman–Crippen MR) is 92.2 cm³/mol. The van der Waals surface area contributed by atoms with Crippen LogP contribution >= 0.6 is 11.8 Å². The molecule has 0 aliphatic heterocycles. The Labute approximate surface area is 130 Å². The van der Waals surface area contributed by atoms with Crippen molar-refractivity contribution in [1.82, 2.24) is 10.6 Å². The van der Waals surface area contributed by atoms with E-state index in [1.54, 1.807) is 7.05 Å². The van der Waals surface area contributed by atoms with Crippen molar-refractivity contribution < 1.29 is 4.42 Å². The number of aryl methyl sites for hydroxylation is 1. The molecular formula is C16H23N3OS. The Morgan fingerprint density at radius 1 is 1.29 bits per heavy atom. The van der Waals surface area contributed by atoms with Gasteiger partial charge in [-0.1, -0.05) is 18.2 Å². The number of aliphatic imine (C=N–C) groups is 1. The summed E-state index contributed by atoms with van der Waals surface area (Å²) in [4.78, 5) is 4.23. The molecule has 5 heteroatoms. The molecule has 0 atom stereocenters. The van der Waals surface area contributed by atoms with Crippen LogP contribution < -0.4 is 10.6 Å². The number of hydrogen-bond donors (Lipinski definition) is 2. The van der Waals surface area contributed by atoms with E-state index in [-0.39, 0.29) is 0 Å². The number of hydrogen-bond acceptors (Lipinski definition) is 3. The van der Waals surface area contributed by atoms with Crippen LogP contribution in [0.1, 0.15) is 17.7 Å². The lowest BCUT2D eigenvalue weighted by atomic mass is 10.1. The fourth-order valence-corrected chi connectivity index (χ4v) is 2.63. The molecule has 1 aromatic heterocycles. The molecule has 4 nitrogen and oxygen atoms in total. The maximum absolute atomic E-state index is 5.89. The molecule has 114 valence electrons. The van der Waals surface area contributed by atoms with Gasteiger partial charge in [0.05, 0.1) is 6.54 Å². The quantitative estimate of drug-likeness (QED) is 0.489. The molecule has 0 radical (unpaired) electrons. The molecule has 2 N–H and O–H groups in total. The molecular weight excluding hydrogens is 282 g/mol. The van der Waals surface area contributed by atoms with Crippen molar-refractivity contribution in [3.05, 3.63) is 35.6 Å². The molecule has 2 aromatic rings. The third-order valence-corrected chi connectivity index (χ3v) is 4.10.